The molecule has 0 spiro atoms. The minimum atomic E-state index is -0.319. The maximum Gasteiger partial charge on any atom is 0.157 e. The molecule has 82 valence electrons. The van der Waals surface area contributed by atoms with E-state index in [4.69, 9.17) is 5.11 Å². The Morgan fingerprint density at radius 3 is 2.67 bits per heavy atom. The van der Waals surface area contributed by atoms with Crippen molar-refractivity contribution in [2.24, 2.45) is 0 Å². The summed E-state index contributed by atoms with van der Waals surface area (Å²) in [5, 5.41) is 31.2. The number of aromatic hydroxyl groups is 2. The van der Waals surface area contributed by atoms with Crippen molar-refractivity contribution < 1.29 is 15.3 Å². The number of benzene rings is 1. The molecular weight excluding hydrogens is 194 g/mol. The molecule has 4 N–H and O–H groups in total. The van der Waals surface area contributed by atoms with Crippen LogP contribution in [0.2, 0.25) is 0 Å². The first-order valence-electron chi connectivity index (χ1n) is 5.09. The zero-order valence-corrected chi connectivity index (χ0v) is 8.35. The normalized spacial score (nSPS) is 25.7. The summed E-state index contributed by atoms with van der Waals surface area (Å²) in [7, 11) is 0. The molecule has 2 rings (SSSR count). The van der Waals surface area contributed by atoms with Crippen molar-refractivity contribution in [3.63, 3.8) is 0 Å². The van der Waals surface area contributed by atoms with Gasteiger partial charge < -0.3 is 20.6 Å². The fourth-order valence-electron chi connectivity index (χ4n) is 1.91. The molecule has 1 heterocycles. The maximum absolute atomic E-state index is 9.60. The molecule has 0 saturated carbocycles. The van der Waals surface area contributed by atoms with E-state index in [2.05, 4.69) is 5.32 Å². The summed E-state index contributed by atoms with van der Waals surface area (Å²) < 4.78 is 0. The van der Waals surface area contributed by atoms with Crippen LogP contribution in [0.3, 0.4) is 0 Å². The van der Waals surface area contributed by atoms with E-state index in [0.717, 1.165) is 18.5 Å². The van der Waals surface area contributed by atoms with Gasteiger partial charge in [-0.1, -0.05) is 6.07 Å². The lowest BCUT2D eigenvalue weighted by Crippen LogP contribution is -2.32. The zero-order chi connectivity index (χ0) is 10.8. The Labute approximate surface area is 88.2 Å². The molecule has 1 aromatic carbocycles. The Kier molecular flexibility index (Phi) is 2.79. The summed E-state index contributed by atoms with van der Waals surface area (Å²) in [6, 6.07) is 4.80. The van der Waals surface area contributed by atoms with Crippen molar-refractivity contribution in [2.45, 2.75) is 25.0 Å². The topological polar surface area (TPSA) is 72.7 Å². The number of nitrogens with one attached hydrogen (secondary N) is 1. The Bertz CT molecular complexity index is 354. The average Bonchev–Trinajstić information content (AvgIpc) is 2.59. The third kappa shape index (κ3) is 2.22. The summed E-state index contributed by atoms with van der Waals surface area (Å²) >= 11 is 0. The lowest BCUT2D eigenvalue weighted by molar-refractivity contribution is 0.159. The van der Waals surface area contributed by atoms with Gasteiger partial charge in [0.15, 0.2) is 11.5 Å². The van der Waals surface area contributed by atoms with E-state index in [-0.39, 0.29) is 23.6 Å². The van der Waals surface area contributed by atoms with E-state index >= 15 is 0 Å². The molecule has 4 heteroatoms. The zero-order valence-electron chi connectivity index (χ0n) is 8.35. The van der Waals surface area contributed by atoms with Gasteiger partial charge in [0, 0.05) is 6.04 Å². The summed E-state index contributed by atoms with van der Waals surface area (Å²) in [4.78, 5) is 0. The smallest absolute Gasteiger partial charge is 0.157 e. The van der Waals surface area contributed by atoms with Crippen LogP contribution in [0.5, 0.6) is 11.5 Å². The number of hydrogen-bond acceptors (Lipinski definition) is 4. The van der Waals surface area contributed by atoms with Gasteiger partial charge in [0.2, 0.25) is 0 Å². The molecule has 2 atom stereocenters. The van der Waals surface area contributed by atoms with Gasteiger partial charge in [0.25, 0.3) is 0 Å². The van der Waals surface area contributed by atoms with E-state index in [0.29, 0.717) is 6.42 Å². The third-order valence-corrected chi connectivity index (χ3v) is 2.81. The molecule has 1 fully saturated rings. The quantitative estimate of drug-likeness (QED) is 0.531. The number of aliphatic hydroxyl groups excluding tert-OH is 1. The van der Waals surface area contributed by atoms with E-state index in [9.17, 15) is 10.2 Å². The van der Waals surface area contributed by atoms with Gasteiger partial charge in [-0.05, 0) is 37.1 Å². The first-order valence-corrected chi connectivity index (χ1v) is 5.09. The summed E-state index contributed by atoms with van der Waals surface area (Å²) in [6.07, 6.45) is 1.12. The minimum absolute atomic E-state index is 0.0499. The van der Waals surface area contributed by atoms with E-state index < -0.39 is 0 Å². The molecule has 15 heavy (non-hydrogen) atoms. The summed E-state index contributed by atoms with van der Waals surface area (Å²) in [5.74, 6) is -0.223. The molecule has 1 aliphatic rings. The lowest BCUT2D eigenvalue weighted by Gasteiger charge is -2.14. The minimum Gasteiger partial charge on any atom is -0.504 e. The van der Waals surface area contributed by atoms with Gasteiger partial charge >= 0.3 is 0 Å². The van der Waals surface area contributed by atoms with Gasteiger partial charge in [-0.2, -0.15) is 0 Å². The van der Waals surface area contributed by atoms with E-state index in [1.165, 1.54) is 12.1 Å². The van der Waals surface area contributed by atoms with Crippen LogP contribution in [0.25, 0.3) is 0 Å². The van der Waals surface area contributed by atoms with E-state index in [1.54, 1.807) is 6.07 Å². The van der Waals surface area contributed by atoms with Crippen LogP contribution >= 0.6 is 0 Å². The molecule has 2 unspecified atom stereocenters. The van der Waals surface area contributed by atoms with Gasteiger partial charge in [-0.3, -0.25) is 0 Å². The van der Waals surface area contributed by atoms with Gasteiger partial charge in [0.05, 0.1) is 6.10 Å². The highest BCUT2D eigenvalue weighted by Gasteiger charge is 2.24. The fourth-order valence-corrected chi connectivity index (χ4v) is 1.91. The van der Waals surface area contributed by atoms with Crippen LogP contribution < -0.4 is 5.32 Å². The van der Waals surface area contributed by atoms with Gasteiger partial charge in [-0.15, -0.1) is 0 Å². The molecule has 4 nitrogen and oxygen atoms in total. The Balaban J connectivity index is 2.07. The molecular formula is C11H15NO3. The number of phenolic OH excluding ortho intramolecular Hbond substituents is 2. The monoisotopic (exact) mass is 209 g/mol. The molecule has 0 bridgehead atoms. The Morgan fingerprint density at radius 1 is 1.27 bits per heavy atom. The molecule has 0 aliphatic carbocycles. The number of rotatable bonds is 2. The van der Waals surface area contributed by atoms with Gasteiger partial charge in [-0.25, -0.2) is 0 Å². The van der Waals surface area contributed by atoms with Crippen molar-refractivity contribution in [1.82, 2.24) is 5.32 Å². The fraction of sp³-hybridized carbons (Fsp3) is 0.455. The Morgan fingerprint density at radius 2 is 2.07 bits per heavy atom. The standard InChI is InChI=1S/C11H15NO3/c13-9-3-4-12-8(9)5-7-1-2-10(14)11(15)6-7/h1-2,6,8-9,12-15H,3-5H2. The van der Waals surface area contributed by atoms with Crippen molar-refractivity contribution in [1.29, 1.82) is 0 Å². The van der Waals surface area contributed by atoms with E-state index in [1.807, 2.05) is 0 Å². The maximum atomic E-state index is 9.60. The molecule has 0 radical (unpaired) electrons. The predicted octanol–water partition coefficient (Wildman–Crippen LogP) is 0.363. The summed E-state index contributed by atoms with van der Waals surface area (Å²) in [6.45, 7) is 0.829. The van der Waals surface area contributed by atoms with Crippen molar-refractivity contribution >= 4 is 0 Å². The van der Waals surface area contributed by atoms with Crippen LogP contribution in [0.1, 0.15) is 12.0 Å². The first kappa shape index (κ1) is 10.3. The molecule has 0 amide bonds. The average molecular weight is 209 g/mol. The summed E-state index contributed by atoms with van der Waals surface area (Å²) in [5.41, 5.74) is 0.906. The molecule has 1 aromatic rings. The first-order chi connectivity index (χ1) is 7.16. The molecule has 1 aliphatic heterocycles. The number of phenols is 2. The third-order valence-electron chi connectivity index (χ3n) is 2.81. The second-order valence-electron chi connectivity index (χ2n) is 3.94. The predicted molar refractivity (Wildman–Crippen MR) is 55.9 cm³/mol. The van der Waals surface area contributed by atoms with Crippen molar-refractivity contribution in [3.8, 4) is 11.5 Å². The largest absolute Gasteiger partial charge is 0.504 e. The highest BCUT2D eigenvalue weighted by molar-refractivity contribution is 5.40. The van der Waals surface area contributed by atoms with Crippen molar-refractivity contribution in [2.75, 3.05) is 6.54 Å². The van der Waals surface area contributed by atoms with Crippen LogP contribution in [-0.2, 0) is 6.42 Å². The Hall–Kier alpha value is -1.26. The van der Waals surface area contributed by atoms with Crippen LogP contribution in [0, 0.1) is 0 Å². The molecule has 1 saturated heterocycles. The van der Waals surface area contributed by atoms with Crippen molar-refractivity contribution in [3.05, 3.63) is 23.8 Å². The second kappa shape index (κ2) is 4.08. The number of hydrogen-bond donors (Lipinski definition) is 4. The second-order valence-corrected chi connectivity index (χ2v) is 3.94. The molecule has 0 aromatic heterocycles. The van der Waals surface area contributed by atoms with Crippen LogP contribution in [0.4, 0.5) is 0 Å². The highest BCUT2D eigenvalue weighted by Crippen LogP contribution is 2.26. The van der Waals surface area contributed by atoms with Crippen LogP contribution in [-0.4, -0.2) is 34.0 Å². The number of aliphatic hydroxyl groups is 1. The highest BCUT2D eigenvalue weighted by atomic mass is 16.3. The lowest BCUT2D eigenvalue weighted by atomic mass is 10.0. The van der Waals surface area contributed by atoms with Gasteiger partial charge in [0.1, 0.15) is 0 Å². The SMILES string of the molecule is Oc1ccc(CC2NCCC2O)cc1O. The van der Waals surface area contributed by atoms with Crippen LogP contribution in [0.15, 0.2) is 18.2 Å².